The molecule has 0 saturated carbocycles. The number of carbonyl (C=O) groups is 1. The lowest BCUT2D eigenvalue weighted by atomic mass is 10.6. The van der Waals surface area contributed by atoms with E-state index in [1.807, 2.05) is 4.98 Å². The Morgan fingerprint density at radius 3 is 2.64 bits per heavy atom. The van der Waals surface area contributed by atoms with Gasteiger partial charge in [0.1, 0.15) is 0 Å². The Morgan fingerprint density at radius 1 is 1.55 bits per heavy atom. The second-order valence-electron chi connectivity index (χ2n) is 1.82. The van der Waals surface area contributed by atoms with Gasteiger partial charge in [-0.15, -0.1) is 0 Å². The lowest BCUT2D eigenvalue weighted by Gasteiger charge is -1.94. The lowest BCUT2D eigenvalue weighted by Crippen LogP contribution is -2.36. The van der Waals surface area contributed by atoms with Gasteiger partial charge in [-0.25, -0.2) is 14.2 Å². The van der Waals surface area contributed by atoms with Gasteiger partial charge < -0.3 is 5.73 Å². The quantitative estimate of drug-likeness (QED) is 0.475. The minimum atomic E-state index is -0.925. The Hall–Kier alpha value is -1.85. The molecule has 6 nitrogen and oxygen atoms in total. The molecular weight excluding hydrogens is 150 g/mol. The highest BCUT2D eigenvalue weighted by Crippen LogP contribution is 1.69. The van der Waals surface area contributed by atoms with Crippen molar-refractivity contribution in [2.45, 2.75) is 0 Å². The van der Waals surface area contributed by atoms with Gasteiger partial charge in [-0.1, -0.05) is 0 Å². The number of nitrogens with one attached hydrogen (secondary N) is 1. The van der Waals surface area contributed by atoms with Crippen LogP contribution in [-0.2, 0) is 0 Å². The maximum absolute atomic E-state index is 10.7. The maximum atomic E-state index is 10.7. The molecule has 1 rings (SSSR count). The Morgan fingerprint density at radius 2 is 2.18 bits per heavy atom. The second-order valence-corrected chi connectivity index (χ2v) is 1.82. The molecule has 0 aromatic carbocycles. The largest absolute Gasteiger partial charge is 0.351 e. The third-order valence-electron chi connectivity index (χ3n) is 1.06. The monoisotopic (exact) mass is 155 g/mol. The van der Waals surface area contributed by atoms with Crippen LogP contribution >= 0.6 is 0 Å². The predicted octanol–water partition coefficient (Wildman–Crippen LogP) is -1.54. The molecule has 58 valence electrons. The van der Waals surface area contributed by atoms with E-state index in [4.69, 9.17) is 5.73 Å². The number of rotatable bonds is 0. The van der Waals surface area contributed by atoms with Crippen LogP contribution in [0.15, 0.2) is 21.9 Å². The maximum Gasteiger partial charge on any atom is 0.336 e. The number of H-pyrrole nitrogens is 1. The molecule has 0 aliphatic rings. The average Bonchev–Trinajstić information content (AvgIpc) is 1.85. The summed E-state index contributed by atoms with van der Waals surface area (Å²) in [5.41, 5.74) is 3.38. The molecule has 3 N–H and O–H groups in total. The van der Waals surface area contributed by atoms with Crippen molar-refractivity contribution in [3.8, 4) is 0 Å². The van der Waals surface area contributed by atoms with Crippen LogP contribution in [0.2, 0.25) is 0 Å². The minimum Gasteiger partial charge on any atom is -0.351 e. The second kappa shape index (κ2) is 2.41. The van der Waals surface area contributed by atoms with Crippen molar-refractivity contribution >= 4 is 6.03 Å². The lowest BCUT2D eigenvalue weighted by molar-refractivity contribution is 0.249. The molecular formula is C5H5N3O3. The highest BCUT2D eigenvalue weighted by Gasteiger charge is 1.99. The van der Waals surface area contributed by atoms with Crippen molar-refractivity contribution in [3.63, 3.8) is 0 Å². The first kappa shape index (κ1) is 7.26. The third-order valence-corrected chi connectivity index (χ3v) is 1.06. The average molecular weight is 155 g/mol. The minimum absolute atomic E-state index is 0.562. The molecule has 0 bridgehead atoms. The van der Waals surface area contributed by atoms with Gasteiger partial charge in [-0.3, -0.25) is 9.78 Å². The first-order valence-electron chi connectivity index (χ1n) is 2.73. The molecule has 0 fully saturated rings. The number of carbonyl (C=O) groups excluding carboxylic acids is 1. The summed E-state index contributed by atoms with van der Waals surface area (Å²) in [7, 11) is 0. The highest BCUT2D eigenvalue weighted by molar-refractivity contribution is 5.74. The molecule has 1 amide bonds. The van der Waals surface area contributed by atoms with Gasteiger partial charge in [0.2, 0.25) is 0 Å². The summed E-state index contributed by atoms with van der Waals surface area (Å²) >= 11 is 0. The van der Waals surface area contributed by atoms with E-state index in [9.17, 15) is 14.4 Å². The summed E-state index contributed by atoms with van der Waals surface area (Å²) in [4.78, 5) is 33.4. The predicted molar refractivity (Wildman–Crippen MR) is 36.3 cm³/mol. The van der Waals surface area contributed by atoms with Gasteiger partial charge >= 0.3 is 11.7 Å². The molecule has 1 heterocycles. The van der Waals surface area contributed by atoms with Crippen LogP contribution in [0, 0.1) is 0 Å². The van der Waals surface area contributed by atoms with Gasteiger partial charge in [-0.05, 0) is 0 Å². The van der Waals surface area contributed by atoms with Gasteiger partial charge in [0.15, 0.2) is 0 Å². The fourth-order valence-corrected chi connectivity index (χ4v) is 0.591. The normalized spacial score (nSPS) is 9.45. The molecule has 0 aliphatic heterocycles. The molecule has 0 radical (unpaired) electrons. The molecule has 1 aromatic rings. The number of primary amides is 1. The molecule has 0 saturated heterocycles. The van der Waals surface area contributed by atoms with E-state index < -0.39 is 17.3 Å². The summed E-state index contributed by atoms with van der Waals surface area (Å²) in [5.74, 6) is 0. The molecule has 0 aliphatic carbocycles. The molecule has 0 unspecified atom stereocenters. The van der Waals surface area contributed by atoms with Crippen molar-refractivity contribution in [3.05, 3.63) is 33.1 Å². The SMILES string of the molecule is NC(=O)n1ccc(=O)[nH]c1=O. The van der Waals surface area contributed by atoms with Gasteiger partial charge in [0, 0.05) is 12.3 Å². The highest BCUT2D eigenvalue weighted by atomic mass is 16.2. The zero-order valence-corrected chi connectivity index (χ0v) is 5.40. The molecule has 1 aromatic heterocycles. The van der Waals surface area contributed by atoms with Crippen molar-refractivity contribution in [1.29, 1.82) is 0 Å². The summed E-state index contributed by atoms with van der Waals surface area (Å²) in [6.07, 6.45) is 1.02. The van der Waals surface area contributed by atoms with E-state index in [2.05, 4.69) is 0 Å². The van der Waals surface area contributed by atoms with Crippen molar-refractivity contribution in [1.82, 2.24) is 9.55 Å². The van der Waals surface area contributed by atoms with Crippen molar-refractivity contribution in [2.24, 2.45) is 5.73 Å². The first-order valence-corrected chi connectivity index (χ1v) is 2.73. The third kappa shape index (κ3) is 1.34. The van der Waals surface area contributed by atoms with E-state index in [1.165, 1.54) is 0 Å². The van der Waals surface area contributed by atoms with E-state index in [1.54, 1.807) is 0 Å². The Bertz CT molecular complexity index is 388. The van der Waals surface area contributed by atoms with Crippen LogP contribution in [0.4, 0.5) is 4.79 Å². The number of nitrogens with zero attached hydrogens (tertiary/aromatic N) is 1. The molecule has 0 atom stereocenters. The van der Waals surface area contributed by atoms with Crippen LogP contribution in [0.1, 0.15) is 0 Å². The van der Waals surface area contributed by atoms with Crippen LogP contribution in [0.25, 0.3) is 0 Å². The fourth-order valence-electron chi connectivity index (χ4n) is 0.591. The van der Waals surface area contributed by atoms with Gasteiger partial charge in [0.05, 0.1) is 0 Å². The van der Waals surface area contributed by atoms with Gasteiger partial charge in [-0.2, -0.15) is 0 Å². The first-order chi connectivity index (χ1) is 5.11. The molecule has 6 heteroatoms. The summed E-state index contributed by atoms with van der Waals surface area (Å²) in [6, 6.07) is 0.109. The molecule has 11 heavy (non-hydrogen) atoms. The summed E-state index contributed by atoms with van der Waals surface area (Å²) < 4.78 is 0.599. The van der Waals surface area contributed by atoms with Crippen LogP contribution in [0.5, 0.6) is 0 Å². The number of hydrogen-bond acceptors (Lipinski definition) is 3. The van der Waals surface area contributed by atoms with Crippen molar-refractivity contribution in [2.75, 3.05) is 0 Å². The van der Waals surface area contributed by atoms with E-state index in [-0.39, 0.29) is 0 Å². The number of hydrogen-bond donors (Lipinski definition) is 2. The molecule has 0 spiro atoms. The standard InChI is InChI=1S/C5H5N3O3/c6-4(10)8-2-1-3(9)7-5(8)11/h1-2H,(H2,6,10)(H,7,9,11). The zero-order valence-electron chi connectivity index (χ0n) is 5.40. The summed E-state index contributed by atoms with van der Waals surface area (Å²) in [5, 5.41) is 0. The van der Waals surface area contributed by atoms with Gasteiger partial charge in [0.25, 0.3) is 5.56 Å². The topological polar surface area (TPSA) is 97.9 Å². The van der Waals surface area contributed by atoms with E-state index in [0.717, 1.165) is 12.3 Å². The van der Waals surface area contributed by atoms with E-state index in [0.29, 0.717) is 4.57 Å². The fraction of sp³-hybridized carbons (Fsp3) is 0. The number of nitrogens with two attached hydrogens (primary N) is 1. The van der Waals surface area contributed by atoms with Crippen LogP contribution in [0.3, 0.4) is 0 Å². The smallest absolute Gasteiger partial charge is 0.336 e. The Labute approximate surface area is 60.3 Å². The Balaban J connectivity index is 3.43. The number of aromatic nitrogens is 2. The number of amides is 1. The van der Waals surface area contributed by atoms with Crippen molar-refractivity contribution < 1.29 is 4.79 Å². The summed E-state index contributed by atoms with van der Waals surface area (Å²) in [6.45, 7) is 0. The van der Waals surface area contributed by atoms with E-state index >= 15 is 0 Å². The van der Waals surface area contributed by atoms with Crippen LogP contribution < -0.4 is 17.0 Å². The number of aromatic amines is 1. The Kier molecular flexibility index (Phi) is 1.59. The zero-order chi connectivity index (χ0) is 8.43. The van der Waals surface area contributed by atoms with Crippen LogP contribution in [-0.4, -0.2) is 15.6 Å².